The third-order valence-corrected chi connectivity index (χ3v) is 10.2. The van der Waals surface area contributed by atoms with Gasteiger partial charge in [-0.05, 0) is 66.5 Å². The molecule has 3 fully saturated rings. The van der Waals surface area contributed by atoms with Crippen LogP contribution in [0, 0.1) is 22.7 Å². The van der Waals surface area contributed by atoms with Gasteiger partial charge >= 0.3 is 0 Å². The number of likely N-dealkylation sites (N-methyl/N-ethyl adjacent to an activating group) is 1. The molecule has 1 aliphatic heterocycles. The third kappa shape index (κ3) is 2.79. The molecule has 168 valence electrons. The van der Waals surface area contributed by atoms with Crippen molar-refractivity contribution in [2.24, 2.45) is 34.1 Å². The van der Waals surface area contributed by atoms with Crippen molar-refractivity contribution >= 4 is 39.1 Å². The minimum absolute atomic E-state index is 0.0508. The summed E-state index contributed by atoms with van der Waals surface area (Å²) < 4.78 is 0.829. The molecule has 31 heavy (non-hydrogen) atoms. The Morgan fingerprint density at radius 3 is 2.39 bits per heavy atom. The quantitative estimate of drug-likeness (QED) is 0.546. The Morgan fingerprint density at radius 1 is 1.16 bits per heavy atom. The van der Waals surface area contributed by atoms with E-state index in [0.717, 1.165) is 55.8 Å². The van der Waals surface area contributed by atoms with E-state index in [4.69, 9.17) is 11.5 Å². The van der Waals surface area contributed by atoms with Crippen LogP contribution >= 0.6 is 27.3 Å². The molecule has 1 aromatic rings. The molecule has 3 aliphatic carbocycles. The number of hydrogen-bond acceptors (Lipinski definition) is 6. The second-order valence-corrected chi connectivity index (χ2v) is 12.2. The lowest BCUT2D eigenvalue weighted by atomic mass is 9.55. The fraction of sp³-hybridized carbons (Fsp3) is 0.682. The maximum Gasteiger partial charge on any atom is 0.232 e. The van der Waals surface area contributed by atoms with E-state index >= 15 is 0 Å². The highest BCUT2D eigenvalue weighted by Gasteiger charge is 2.83. The summed E-state index contributed by atoms with van der Waals surface area (Å²) in [6, 6.07) is 0. The first-order chi connectivity index (χ1) is 14.8. The number of carbonyl (C=O) groups is 2. The first-order valence-electron chi connectivity index (χ1n) is 11.1. The highest BCUT2D eigenvalue weighted by atomic mass is 79.9. The SMILES string of the molecule is CN1CCN(CCC[C@@]2(C(N)=O)[C@@H]3C=C[C@@H](C34CC4)[C@@]2(C(N)=O)c2ncc(Br)s2)CC1. The number of carbonyl (C=O) groups excluding carboxylic acids is 2. The molecule has 4 atom stereocenters. The van der Waals surface area contributed by atoms with Gasteiger partial charge in [0.25, 0.3) is 0 Å². The van der Waals surface area contributed by atoms with Gasteiger partial charge in [0.2, 0.25) is 11.8 Å². The van der Waals surface area contributed by atoms with Crippen LogP contribution in [0.15, 0.2) is 22.1 Å². The van der Waals surface area contributed by atoms with Crippen LogP contribution in [0.4, 0.5) is 0 Å². The number of allylic oxidation sites excluding steroid dienone is 2. The zero-order valence-electron chi connectivity index (χ0n) is 17.8. The third-order valence-electron chi connectivity index (χ3n) is 8.55. The van der Waals surface area contributed by atoms with E-state index in [1.165, 1.54) is 11.3 Å². The Bertz CT molecular complexity index is 938. The van der Waals surface area contributed by atoms with Crippen LogP contribution in [0.2, 0.25) is 0 Å². The van der Waals surface area contributed by atoms with Gasteiger partial charge < -0.3 is 21.3 Å². The summed E-state index contributed by atoms with van der Waals surface area (Å²) in [4.78, 5) is 36.1. The molecule has 0 aromatic carbocycles. The zero-order chi connectivity index (χ0) is 22.0. The van der Waals surface area contributed by atoms with Gasteiger partial charge in [-0.25, -0.2) is 4.98 Å². The Hall–Kier alpha value is -1.29. The van der Waals surface area contributed by atoms with E-state index in [1.54, 1.807) is 6.20 Å². The van der Waals surface area contributed by atoms with Crippen LogP contribution in [-0.2, 0) is 15.0 Å². The van der Waals surface area contributed by atoms with Gasteiger partial charge in [-0.3, -0.25) is 9.59 Å². The number of aromatic nitrogens is 1. The first kappa shape index (κ1) is 21.6. The topological polar surface area (TPSA) is 106 Å². The Balaban J connectivity index is 1.54. The molecule has 0 radical (unpaired) electrons. The van der Waals surface area contributed by atoms with Gasteiger partial charge in [-0.15, -0.1) is 11.3 Å². The standard InChI is InChI=1S/C22H30BrN5O2S/c1-27-9-11-28(12-10-27)8-2-5-21(17(24)29)14-3-4-15(20(14)6-7-20)22(21,18(25)30)19-26-13-16(23)31-19/h3-4,13-15H,2,5-12H2,1H3,(H2,24,29)(H2,25,30)/t14-,15+,21+,22-/m1/s1. The van der Waals surface area contributed by atoms with Crippen LogP contribution in [0.5, 0.6) is 0 Å². The molecule has 9 heteroatoms. The molecular weight excluding hydrogens is 478 g/mol. The van der Waals surface area contributed by atoms with Crippen molar-refractivity contribution in [1.82, 2.24) is 14.8 Å². The number of primary amides is 2. The van der Waals surface area contributed by atoms with Crippen LogP contribution in [-0.4, -0.2) is 66.4 Å². The second kappa shape index (κ2) is 7.37. The fourth-order valence-electron chi connectivity index (χ4n) is 7.03. The van der Waals surface area contributed by atoms with Gasteiger partial charge in [0.1, 0.15) is 10.4 Å². The van der Waals surface area contributed by atoms with E-state index in [0.29, 0.717) is 11.4 Å². The molecule has 2 saturated carbocycles. The number of thiazole rings is 1. The maximum atomic E-state index is 13.4. The predicted molar refractivity (Wildman–Crippen MR) is 123 cm³/mol. The van der Waals surface area contributed by atoms with Crippen molar-refractivity contribution in [3.05, 3.63) is 27.1 Å². The van der Waals surface area contributed by atoms with Crippen LogP contribution in [0.3, 0.4) is 0 Å². The molecule has 2 amide bonds. The summed E-state index contributed by atoms with van der Waals surface area (Å²) in [5.74, 6) is -1.03. The molecular formula is C22H30BrN5O2S. The molecule has 4 N–H and O–H groups in total. The maximum absolute atomic E-state index is 13.4. The number of halogens is 1. The van der Waals surface area contributed by atoms with E-state index in [-0.39, 0.29) is 17.3 Å². The average molecular weight is 508 g/mol. The highest BCUT2D eigenvalue weighted by molar-refractivity contribution is 9.11. The van der Waals surface area contributed by atoms with Crippen molar-refractivity contribution in [3.63, 3.8) is 0 Å². The summed E-state index contributed by atoms with van der Waals surface area (Å²) in [5, 5.41) is 0.633. The second-order valence-electron chi connectivity index (χ2n) is 9.80. The van der Waals surface area contributed by atoms with Crippen LogP contribution in [0.25, 0.3) is 0 Å². The van der Waals surface area contributed by atoms with E-state index in [1.807, 2.05) is 0 Å². The summed E-state index contributed by atoms with van der Waals surface area (Å²) >= 11 is 4.90. The Morgan fingerprint density at radius 2 is 1.84 bits per heavy atom. The molecule has 0 unspecified atom stereocenters. The molecule has 1 spiro atoms. The van der Waals surface area contributed by atoms with Gasteiger partial charge in [-0.2, -0.15) is 0 Å². The van der Waals surface area contributed by atoms with Crippen LogP contribution in [0.1, 0.15) is 30.7 Å². The fourth-order valence-corrected chi connectivity index (χ4v) is 8.56. The largest absolute Gasteiger partial charge is 0.369 e. The molecule has 4 aliphatic rings. The van der Waals surface area contributed by atoms with E-state index < -0.39 is 22.6 Å². The molecule has 7 nitrogen and oxygen atoms in total. The number of hydrogen-bond donors (Lipinski definition) is 2. The zero-order valence-corrected chi connectivity index (χ0v) is 20.3. The number of amides is 2. The Kier molecular flexibility index (Phi) is 5.12. The van der Waals surface area contributed by atoms with Crippen molar-refractivity contribution in [3.8, 4) is 0 Å². The molecule has 1 aromatic heterocycles. The van der Waals surface area contributed by atoms with Crippen molar-refractivity contribution < 1.29 is 9.59 Å². The van der Waals surface area contributed by atoms with Gasteiger partial charge in [0.15, 0.2) is 0 Å². The minimum atomic E-state index is -1.17. The van der Waals surface area contributed by atoms with Gasteiger partial charge in [0.05, 0.1) is 15.4 Å². The monoisotopic (exact) mass is 507 g/mol. The lowest BCUT2D eigenvalue weighted by Gasteiger charge is -2.46. The highest BCUT2D eigenvalue weighted by Crippen LogP contribution is 2.80. The first-order valence-corrected chi connectivity index (χ1v) is 12.7. The van der Waals surface area contributed by atoms with Crippen molar-refractivity contribution in [1.29, 1.82) is 0 Å². The van der Waals surface area contributed by atoms with Crippen molar-refractivity contribution in [2.45, 2.75) is 31.1 Å². The predicted octanol–water partition coefficient (Wildman–Crippen LogP) is 1.72. The summed E-state index contributed by atoms with van der Waals surface area (Å²) in [5.41, 5.74) is 10.2. The van der Waals surface area contributed by atoms with E-state index in [2.05, 4.69) is 49.9 Å². The summed E-state index contributed by atoms with van der Waals surface area (Å²) in [6.07, 6.45) is 9.36. The number of rotatable bonds is 7. The lowest BCUT2D eigenvalue weighted by molar-refractivity contribution is -0.144. The molecule has 5 rings (SSSR count). The summed E-state index contributed by atoms with van der Waals surface area (Å²) in [7, 11) is 2.14. The number of nitrogens with two attached hydrogens (primary N) is 2. The molecule has 2 bridgehead atoms. The molecule has 2 heterocycles. The average Bonchev–Trinajstić information content (AvgIpc) is 3.19. The Labute approximate surface area is 195 Å². The van der Waals surface area contributed by atoms with Crippen LogP contribution < -0.4 is 11.5 Å². The minimum Gasteiger partial charge on any atom is -0.369 e. The number of piperazine rings is 1. The van der Waals surface area contributed by atoms with Crippen molar-refractivity contribution in [2.75, 3.05) is 39.8 Å². The smallest absolute Gasteiger partial charge is 0.232 e. The van der Waals surface area contributed by atoms with E-state index in [9.17, 15) is 9.59 Å². The lowest BCUT2D eigenvalue weighted by Crippen LogP contribution is -2.62. The van der Waals surface area contributed by atoms with Gasteiger partial charge in [-0.1, -0.05) is 12.2 Å². The van der Waals surface area contributed by atoms with Gasteiger partial charge in [0, 0.05) is 32.1 Å². The molecule has 1 saturated heterocycles. The normalized spacial score (nSPS) is 36.3. The number of nitrogens with zero attached hydrogens (tertiary/aromatic N) is 3. The summed E-state index contributed by atoms with van der Waals surface area (Å²) in [6.45, 7) is 5.05.